The van der Waals surface area contributed by atoms with Crippen molar-refractivity contribution in [2.24, 2.45) is 0 Å². The fourth-order valence-corrected chi connectivity index (χ4v) is 2.49. The number of carbonyl (C=O) groups excluding carboxylic acids is 1. The molecule has 1 aromatic heterocycles. The third kappa shape index (κ3) is 3.51. The molecular formula is C18H18ClN3O2. The Kier molecular flexibility index (Phi) is 4.44. The van der Waals surface area contributed by atoms with E-state index in [9.17, 15) is 4.79 Å². The van der Waals surface area contributed by atoms with E-state index < -0.39 is 5.60 Å². The van der Waals surface area contributed by atoms with Crippen molar-refractivity contribution in [2.75, 3.05) is 0 Å². The number of hydrogen-bond donors (Lipinski definition) is 2. The number of aromatic nitrogens is 2. The smallest absolute Gasteiger partial charge is 0.263 e. The Morgan fingerprint density at radius 3 is 2.67 bits per heavy atom. The maximum atomic E-state index is 12.4. The molecule has 6 heteroatoms. The second kappa shape index (κ2) is 6.53. The number of nitrogens with zero attached hydrogens (tertiary/aromatic N) is 1. The standard InChI is InChI=1S/C18H18ClN3O2/c1-18(2,24-15-10-6-3-7-12(15)19)17(23)20-11-16-21-13-8-4-5-9-14(13)22-16/h3-10H,11H2,1-2H3,(H,20,23)(H,21,22). The fourth-order valence-electron chi connectivity index (χ4n) is 2.31. The summed E-state index contributed by atoms with van der Waals surface area (Å²) in [6, 6.07) is 14.8. The van der Waals surface area contributed by atoms with Gasteiger partial charge >= 0.3 is 0 Å². The lowest BCUT2D eigenvalue weighted by Gasteiger charge is -2.25. The summed E-state index contributed by atoms with van der Waals surface area (Å²) >= 11 is 6.08. The number of imidazole rings is 1. The molecule has 2 aromatic carbocycles. The number of H-pyrrole nitrogens is 1. The van der Waals surface area contributed by atoms with Crippen LogP contribution in [0, 0.1) is 0 Å². The number of rotatable bonds is 5. The maximum absolute atomic E-state index is 12.4. The Labute approximate surface area is 145 Å². The average Bonchev–Trinajstić information content (AvgIpc) is 2.97. The van der Waals surface area contributed by atoms with Crippen LogP contribution in [0.4, 0.5) is 0 Å². The minimum atomic E-state index is -1.06. The van der Waals surface area contributed by atoms with Crippen LogP contribution >= 0.6 is 11.6 Å². The van der Waals surface area contributed by atoms with Crippen LogP contribution in [0.2, 0.25) is 5.02 Å². The first-order chi connectivity index (χ1) is 11.5. The van der Waals surface area contributed by atoms with Gasteiger partial charge in [-0.25, -0.2) is 4.98 Å². The predicted octanol–water partition coefficient (Wildman–Crippen LogP) is 3.69. The lowest BCUT2D eigenvalue weighted by Crippen LogP contribution is -2.46. The average molecular weight is 344 g/mol. The molecule has 3 aromatic rings. The third-order valence-corrected chi connectivity index (χ3v) is 3.92. The van der Waals surface area contributed by atoms with E-state index in [1.807, 2.05) is 36.4 Å². The van der Waals surface area contributed by atoms with Crippen LogP contribution in [0.1, 0.15) is 19.7 Å². The molecule has 5 nitrogen and oxygen atoms in total. The highest BCUT2D eigenvalue weighted by atomic mass is 35.5. The number of amides is 1. The summed E-state index contributed by atoms with van der Waals surface area (Å²) in [5.74, 6) is 0.920. The number of carbonyl (C=O) groups is 1. The van der Waals surface area contributed by atoms with Crippen molar-refractivity contribution in [3.63, 3.8) is 0 Å². The minimum absolute atomic E-state index is 0.247. The number of nitrogens with one attached hydrogen (secondary N) is 2. The molecule has 0 atom stereocenters. The number of ether oxygens (including phenoxy) is 1. The van der Waals surface area contributed by atoms with Gasteiger partial charge in [0.2, 0.25) is 0 Å². The summed E-state index contributed by atoms with van der Waals surface area (Å²) in [4.78, 5) is 20.1. The molecular weight excluding hydrogens is 326 g/mol. The van der Waals surface area contributed by atoms with Gasteiger partial charge in [-0.05, 0) is 38.1 Å². The largest absolute Gasteiger partial charge is 0.476 e. The van der Waals surface area contributed by atoms with Crippen molar-refractivity contribution in [3.8, 4) is 5.75 Å². The fraction of sp³-hybridized carbons (Fsp3) is 0.222. The predicted molar refractivity (Wildman–Crippen MR) is 94.1 cm³/mol. The number of benzene rings is 2. The quantitative estimate of drug-likeness (QED) is 0.742. The molecule has 0 aliphatic heterocycles. The number of fused-ring (bicyclic) bond motifs is 1. The molecule has 0 aliphatic carbocycles. The van der Waals surface area contributed by atoms with E-state index in [1.165, 1.54) is 0 Å². The van der Waals surface area contributed by atoms with Crippen LogP contribution in [0.15, 0.2) is 48.5 Å². The molecule has 0 bridgehead atoms. The Hall–Kier alpha value is -2.53. The van der Waals surface area contributed by atoms with Crippen molar-refractivity contribution < 1.29 is 9.53 Å². The molecule has 0 saturated heterocycles. The molecule has 124 valence electrons. The van der Waals surface area contributed by atoms with Gasteiger partial charge in [0.25, 0.3) is 5.91 Å². The van der Waals surface area contributed by atoms with Gasteiger partial charge in [0.15, 0.2) is 5.60 Å². The van der Waals surface area contributed by atoms with Gasteiger partial charge < -0.3 is 15.0 Å². The van der Waals surface area contributed by atoms with Gasteiger partial charge in [0, 0.05) is 0 Å². The molecule has 0 spiro atoms. The molecule has 1 amide bonds. The van der Waals surface area contributed by atoms with Crippen LogP contribution in [-0.4, -0.2) is 21.5 Å². The van der Waals surface area contributed by atoms with Crippen molar-refractivity contribution in [3.05, 3.63) is 59.4 Å². The normalized spacial score (nSPS) is 11.5. The number of para-hydroxylation sites is 3. The van der Waals surface area contributed by atoms with Crippen molar-refractivity contribution in [2.45, 2.75) is 26.0 Å². The molecule has 0 aliphatic rings. The molecule has 0 saturated carbocycles. The number of aromatic amines is 1. The molecule has 0 unspecified atom stereocenters. The van der Waals surface area contributed by atoms with Gasteiger partial charge in [-0.2, -0.15) is 0 Å². The first kappa shape index (κ1) is 16.3. The van der Waals surface area contributed by atoms with Gasteiger partial charge in [-0.3, -0.25) is 4.79 Å². The van der Waals surface area contributed by atoms with Crippen LogP contribution in [0.3, 0.4) is 0 Å². The Bertz CT molecular complexity index is 840. The lowest BCUT2D eigenvalue weighted by molar-refractivity contribution is -0.134. The van der Waals surface area contributed by atoms with E-state index in [2.05, 4.69) is 15.3 Å². The van der Waals surface area contributed by atoms with E-state index in [1.54, 1.807) is 26.0 Å². The molecule has 3 rings (SSSR count). The monoisotopic (exact) mass is 343 g/mol. The van der Waals surface area contributed by atoms with Gasteiger partial charge in [-0.15, -0.1) is 0 Å². The molecule has 0 fully saturated rings. The first-order valence-electron chi connectivity index (χ1n) is 7.61. The van der Waals surface area contributed by atoms with E-state index in [-0.39, 0.29) is 5.91 Å². The summed E-state index contributed by atoms with van der Waals surface area (Å²) < 4.78 is 5.77. The summed E-state index contributed by atoms with van der Waals surface area (Å²) in [6.07, 6.45) is 0. The van der Waals surface area contributed by atoms with Gasteiger partial charge in [-0.1, -0.05) is 35.9 Å². The van der Waals surface area contributed by atoms with E-state index >= 15 is 0 Å². The van der Waals surface area contributed by atoms with Crippen LogP contribution < -0.4 is 10.1 Å². The molecule has 0 radical (unpaired) electrons. The SMILES string of the molecule is CC(C)(Oc1ccccc1Cl)C(=O)NCc1nc2ccccc2[nH]1. The zero-order chi connectivity index (χ0) is 17.2. The van der Waals surface area contributed by atoms with Crippen molar-refractivity contribution in [1.82, 2.24) is 15.3 Å². The van der Waals surface area contributed by atoms with E-state index in [4.69, 9.17) is 16.3 Å². The topological polar surface area (TPSA) is 67.0 Å². The van der Waals surface area contributed by atoms with Crippen LogP contribution in [0.25, 0.3) is 11.0 Å². The highest BCUT2D eigenvalue weighted by Gasteiger charge is 2.30. The van der Waals surface area contributed by atoms with Crippen LogP contribution in [-0.2, 0) is 11.3 Å². The van der Waals surface area contributed by atoms with Gasteiger partial charge in [0.05, 0.1) is 22.6 Å². The number of halogens is 1. The second-order valence-corrected chi connectivity index (χ2v) is 6.33. The Balaban J connectivity index is 1.66. The first-order valence-corrected chi connectivity index (χ1v) is 7.99. The second-order valence-electron chi connectivity index (χ2n) is 5.93. The zero-order valence-corrected chi connectivity index (χ0v) is 14.2. The van der Waals surface area contributed by atoms with Gasteiger partial charge in [0.1, 0.15) is 11.6 Å². The highest BCUT2D eigenvalue weighted by Crippen LogP contribution is 2.27. The molecule has 1 heterocycles. The van der Waals surface area contributed by atoms with Crippen molar-refractivity contribution >= 4 is 28.5 Å². The highest BCUT2D eigenvalue weighted by molar-refractivity contribution is 6.32. The minimum Gasteiger partial charge on any atom is -0.476 e. The summed E-state index contributed by atoms with van der Waals surface area (Å²) in [5, 5.41) is 3.31. The summed E-state index contributed by atoms with van der Waals surface area (Å²) in [5.41, 5.74) is 0.749. The van der Waals surface area contributed by atoms with E-state index in [0.29, 0.717) is 23.1 Å². The Morgan fingerprint density at radius 1 is 1.21 bits per heavy atom. The number of hydrogen-bond acceptors (Lipinski definition) is 3. The van der Waals surface area contributed by atoms with Crippen molar-refractivity contribution in [1.29, 1.82) is 0 Å². The maximum Gasteiger partial charge on any atom is 0.263 e. The zero-order valence-electron chi connectivity index (χ0n) is 13.5. The molecule has 24 heavy (non-hydrogen) atoms. The third-order valence-electron chi connectivity index (χ3n) is 3.60. The molecule has 2 N–H and O–H groups in total. The van der Waals surface area contributed by atoms with E-state index in [0.717, 1.165) is 11.0 Å². The Morgan fingerprint density at radius 2 is 1.92 bits per heavy atom. The lowest BCUT2D eigenvalue weighted by atomic mass is 10.1. The summed E-state index contributed by atoms with van der Waals surface area (Å²) in [7, 11) is 0. The summed E-state index contributed by atoms with van der Waals surface area (Å²) in [6.45, 7) is 3.69. The van der Waals surface area contributed by atoms with Crippen LogP contribution in [0.5, 0.6) is 5.75 Å².